The lowest BCUT2D eigenvalue weighted by Gasteiger charge is -2.21. The fourth-order valence-corrected chi connectivity index (χ4v) is 2.45. The van der Waals surface area contributed by atoms with Crippen LogP contribution < -0.4 is 5.32 Å². The van der Waals surface area contributed by atoms with Gasteiger partial charge in [-0.15, -0.1) is 0 Å². The Morgan fingerprint density at radius 2 is 2.39 bits per heavy atom. The Hall–Kier alpha value is -0.870. The molecule has 0 saturated carbocycles. The van der Waals surface area contributed by atoms with Crippen LogP contribution in [0.4, 0.5) is 0 Å². The molecule has 1 fully saturated rings. The predicted molar refractivity (Wildman–Crippen MR) is 74.3 cm³/mol. The zero-order chi connectivity index (χ0) is 13.0. The van der Waals surface area contributed by atoms with Crippen molar-refractivity contribution in [3.63, 3.8) is 0 Å². The maximum Gasteiger partial charge on any atom is 0.225 e. The van der Waals surface area contributed by atoms with Gasteiger partial charge in [0.1, 0.15) is 0 Å². The van der Waals surface area contributed by atoms with E-state index in [1.54, 1.807) is 0 Å². The molecule has 1 atom stereocenters. The number of ether oxygens (including phenoxy) is 1. The van der Waals surface area contributed by atoms with E-state index < -0.39 is 0 Å². The highest BCUT2D eigenvalue weighted by molar-refractivity contribution is 9.10. The molecule has 1 heterocycles. The lowest BCUT2D eigenvalue weighted by Crippen LogP contribution is -2.35. The van der Waals surface area contributed by atoms with E-state index >= 15 is 0 Å². The minimum Gasteiger partial charge on any atom is -0.381 e. The molecule has 0 spiro atoms. The minimum absolute atomic E-state index is 0.0210. The number of benzene rings is 1. The van der Waals surface area contributed by atoms with Crippen LogP contribution in [-0.4, -0.2) is 19.1 Å². The molecular formula is C14H18BrNO2. The number of hydrogen-bond acceptors (Lipinski definition) is 2. The van der Waals surface area contributed by atoms with E-state index in [1.807, 2.05) is 19.1 Å². The molecule has 4 heteroatoms. The van der Waals surface area contributed by atoms with Crippen LogP contribution in [0.5, 0.6) is 0 Å². The summed E-state index contributed by atoms with van der Waals surface area (Å²) in [6.07, 6.45) is 1.91. The van der Waals surface area contributed by atoms with Crippen LogP contribution in [0.1, 0.15) is 24.0 Å². The van der Waals surface area contributed by atoms with Crippen molar-refractivity contribution in [2.24, 2.45) is 5.92 Å². The first kappa shape index (κ1) is 13.6. The van der Waals surface area contributed by atoms with Gasteiger partial charge in [-0.2, -0.15) is 0 Å². The Bertz CT molecular complexity index is 428. The zero-order valence-corrected chi connectivity index (χ0v) is 12.1. The monoisotopic (exact) mass is 311 g/mol. The molecule has 0 aromatic heterocycles. The summed E-state index contributed by atoms with van der Waals surface area (Å²) in [6, 6.07) is 6.14. The fourth-order valence-electron chi connectivity index (χ4n) is 2.03. The SMILES string of the molecule is Cc1ccc(CNC(=O)C2CCCOC2)cc1Br. The molecule has 1 aliphatic rings. The summed E-state index contributed by atoms with van der Waals surface area (Å²) in [4.78, 5) is 11.9. The Balaban J connectivity index is 1.86. The van der Waals surface area contributed by atoms with Gasteiger partial charge in [0.15, 0.2) is 0 Å². The summed E-state index contributed by atoms with van der Waals surface area (Å²) in [5, 5.41) is 2.98. The van der Waals surface area contributed by atoms with Crippen LogP contribution >= 0.6 is 15.9 Å². The maximum absolute atomic E-state index is 11.9. The van der Waals surface area contributed by atoms with Crippen molar-refractivity contribution in [3.05, 3.63) is 33.8 Å². The van der Waals surface area contributed by atoms with Gasteiger partial charge in [0.25, 0.3) is 0 Å². The standard InChI is InChI=1S/C14H18BrNO2/c1-10-4-5-11(7-13(10)15)8-16-14(17)12-3-2-6-18-9-12/h4-5,7,12H,2-3,6,8-9H2,1H3,(H,16,17). The molecule has 1 unspecified atom stereocenters. The molecule has 2 rings (SSSR count). The van der Waals surface area contributed by atoms with Crippen molar-refractivity contribution in [2.75, 3.05) is 13.2 Å². The summed E-state index contributed by atoms with van der Waals surface area (Å²) in [5.41, 5.74) is 2.31. The first-order valence-corrected chi connectivity index (χ1v) is 7.06. The quantitative estimate of drug-likeness (QED) is 0.932. The number of rotatable bonds is 3. The molecule has 18 heavy (non-hydrogen) atoms. The summed E-state index contributed by atoms with van der Waals surface area (Å²) >= 11 is 3.50. The lowest BCUT2D eigenvalue weighted by molar-refractivity contribution is -0.129. The van der Waals surface area contributed by atoms with Crippen molar-refractivity contribution >= 4 is 21.8 Å². The smallest absolute Gasteiger partial charge is 0.225 e. The van der Waals surface area contributed by atoms with Crippen LogP contribution in [-0.2, 0) is 16.1 Å². The average Bonchev–Trinajstić information content (AvgIpc) is 2.41. The molecule has 1 N–H and O–H groups in total. The van der Waals surface area contributed by atoms with E-state index in [2.05, 4.69) is 27.3 Å². The molecule has 1 aliphatic heterocycles. The molecule has 1 aromatic rings. The second kappa shape index (κ2) is 6.34. The molecule has 3 nitrogen and oxygen atoms in total. The number of hydrogen-bond donors (Lipinski definition) is 1. The Morgan fingerprint density at radius 1 is 1.56 bits per heavy atom. The highest BCUT2D eigenvalue weighted by Gasteiger charge is 2.21. The predicted octanol–water partition coefficient (Wildman–Crippen LogP) is 2.80. The number of carbonyl (C=O) groups is 1. The molecule has 0 radical (unpaired) electrons. The number of aryl methyl sites for hydroxylation is 1. The van der Waals surface area contributed by atoms with E-state index in [0.29, 0.717) is 13.2 Å². The van der Waals surface area contributed by atoms with Gasteiger partial charge in [-0.3, -0.25) is 4.79 Å². The maximum atomic E-state index is 11.9. The zero-order valence-electron chi connectivity index (χ0n) is 10.5. The summed E-state index contributed by atoms with van der Waals surface area (Å²) < 4.78 is 6.40. The van der Waals surface area contributed by atoms with E-state index in [1.165, 1.54) is 5.56 Å². The highest BCUT2D eigenvalue weighted by atomic mass is 79.9. The Morgan fingerprint density at radius 3 is 3.06 bits per heavy atom. The second-order valence-corrected chi connectivity index (χ2v) is 5.57. The van der Waals surface area contributed by atoms with Crippen LogP contribution in [0.25, 0.3) is 0 Å². The molecule has 1 amide bonds. The molecule has 1 aromatic carbocycles. The van der Waals surface area contributed by atoms with Crippen molar-refractivity contribution in [3.8, 4) is 0 Å². The third-order valence-corrected chi connectivity index (χ3v) is 4.09. The largest absolute Gasteiger partial charge is 0.381 e. The van der Waals surface area contributed by atoms with Gasteiger partial charge in [0.2, 0.25) is 5.91 Å². The van der Waals surface area contributed by atoms with E-state index in [0.717, 1.165) is 29.5 Å². The van der Waals surface area contributed by atoms with Crippen molar-refractivity contribution < 1.29 is 9.53 Å². The minimum atomic E-state index is 0.0210. The van der Waals surface area contributed by atoms with Crippen molar-refractivity contribution in [2.45, 2.75) is 26.3 Å². The first-order chi connectivity index (χ1) is 8.66. The molecule has 98 valence electrons. The van der Waals surface area contributed by atoms with Crippen LogP contribution in [0.2, 0.25) is 0 Å². The van der Waals surface area contributed by atoms with Gasteiger partial charge in [0.05, 0.1) is 12.5 Å². The Kier molecular flexibility index (Phi) is 4.78. The summed E-state index contributed by atoms with van der Waals surface area (Å²) in [7, 11) is 0. The van der Waals surface area contributed by atoms with Crippen LogP contribution in [0.15, 0.2) is 22.7 Å². The molecule has 1 saturated heterocycles. The van der Waals surface area contributed by atoms with E-state index in [4.69, 9.17) is 4.74 Å². The number of nitrogens with one attached hydrogen (secondary N) is 1. The van der Waals surface area contributed by atoms with Crippen LogP contribution in [0, 0.1) is 12.8 Å². The number of amides is 1. The van der Waals surface area contributed by atoms with Crippen molar-refractivity contribution in [1.82, 2.24) is 5.32 Å². The third kappa shape index (κ3) is 3.56. The van der Waals surface area contributed by atoms with Gasteiger partial charge in [0, 0.05) is 17.6 Å². The molecule has 0 aliphatic carbocycles. The summed E-state index contributed by atoms with van der Waals surface area (Å²) in [5.74, 6) is 0.124. The van der Waals surface area contributed by atoms with Gasteiger partial charge in [-0.25, -0.2) is 0 Å². The van der Waals surface area contributed by atoms with Gasteiger partial charge in [-0.1, -0.05) is 28.1 Å². The van der Waals surface area contributed by atoms with Gasteiger partial charge in [-0.05, 0) is 37.0 Å². The van der Waals surface area contributed by atoms with E-state index in [-0.39, 0.29) is 11.8 Å². The Labute approximate surface area is 116 Å². The topological polar surface area (TPSA) is 38.3 Å². The normalized spacial score (nSPS) is 19.6. The highest BCUT2D eigenvalue weighted by Crippen LogP contribution is 2.18. The second-order valence-electron chi connectivity index (χ2n) is 4.72. The lowest BCUT2D eigenvalue weighted by atomic mass is 10.0. The number of carbonyl (C=O) groups excluding carboxylic acids is 1. The average molecular weight is 312 g/mol. The fraction of sp³-hybridized carbons (Fsp3) is 0.500. The summed E-state index contributed by atoms with van der Waals surface area (Å²) in [6.45, 7) is 3.97. The van der Waals surface area contributed by atoms with Gasteiger partial charge < -0.3 is 10.1 Å². The molecular weight excluding hydrogens is 294 g/mol. The third-order valence-electron chi connectivity index (χ3n) is 3.23. The van der Waals surface area contributed by atoms with Gasteiger partial charge >= 0.3 is 0 Å². The molecule has 0 bridgehead atoms. The van der Waals surface area contributed by atoms with Crippen molar-refractivity contribution in [1.29, 1.82) is 0 Å². The van der Waals surface area contributed by atoms with Crippen LogP contribution in [0.3, 0.4) is 0 Å². The first-order valence-electron chi connectivity index (χ1n) is 6.27. The van der Waals surface area contributed by atoms with E-state index in [9.17, 15) is 4.79 Å². The number of halogens is 1.